The summed E-state index contributed by atoms with van der Waals surface area (Å²) in [6.45, 7) is 1.14. The Morgan fingerprint density at radius 3 is 2.74 bits per heavy atom. The first-order valence-corrected chi connectivity index (χ1v) is 8.14. The third-order valence-electron chi connectivity index (χ3n) is 5.00. The summed E-state index contributed by atoms with van der Waals surface area (Å²) in [6, 6.07) is 6.02. The molecule has 1 aromatic carbocycles. The van der Waals surface area contributed by atoms with E-state index in [1.165, 1.54) is 36.9 Å². The number of rotatable bonds is 4. The molecule has 0 radical (unpaired) electrons. The third kappa shape index (κ3) is 2.73. The van der Waals surface area contributed by atoms with Crippen LogP contribution in [0, 0.1) is 17.8 Å². The molecule has 3 unspecified atom stereocenters. The quantitative estimate of drug-likeness (QED) is 0.711. The van der Waals surface area contributed by atoms with E-state index < -0.39 is 0 Å². The SMILES string of the molecule is CN(CC1CC2CCC1C2)c1cc(Cl)ccc1CCl. The fraction of sp³-hybridized carbons (Fsp3) is 0.625. The maximum absolute atomic E-state index is 6.13. The van der Waals surface area contributed by atoms with Gasteiger partial charge in [-0.2, -0.15) is 0 Å². The lowest BCUT2D eigenvalue weighted by Crippen LogP contribution is -2.29. The van der Waals surface area contributed by atoms with E-state index in [0.29, 0.717) is 5.88 Å². The van der Waals surface area contributed by atoms with Gasteiger partial charge in [0.25, 0.3) is 0 Å². The zero-order valence-corrected chi connectivity index (χ0v) is 12.9. The average molecular weight is 298 g/mol. The fourth-order valence-electron chi connectivity index (χ4n) is 4.06. The molecular weight excluding hydrogens is 277 g/mol. The van der Waals surface area contributed by atoms with Crippen molar-refractivity contribution in [1.82, 2.24) is 0 Å². The molecule has 2 fully saturated rings. The molecule has 104 valence electrons. The van der Waals surface area contributed by atoms with E-state index in [2.05, 4.69) is 11.9 Å². The third-order valence-corrected chi connectivity index (χ3v) is 5.52. The molecule has 0 aliphatic heterocycles. The number of hydrogen-bond acceptors (Lipinski definition) is 1. The second-order valence-electron chi connectivity index (χ2n) is 6.22. The Morgan fingerprint density at radius 1 is 1.26 bits per heavy atom. The van der Waals surface area contributed by atoms with Crippen LogP contribution in [0.15, 0.2) is 18.2 Å². The first-order chi connectivity index (χ1) is 9.17. The molecule has 3 heteroatoms. The van der Waals surface area contributed by atoms with Crippen LogP contribution in [-0.2, 0) is 5.88 Å². The molecule has 2 aliphatic carbocycles. The number of nitrogens with zero attached hydrogens (tertiary/aromatic N) is 1. The van der Waals surface area contributed by atoms with Gasteiger partial charge in [0.05, 0.1) is 0 Å². The van der Waals surface area contributed by atoms with E-state index in [9.17, 15) is 0 Å². The van der Waals surface area contributed by atoms with Crippen LogP contribution in [0.2, 0.25) is 5.02 Å². The number of halogens is 2. The first kappa shape index (κ1) is 13.6. The smallest absolute Gasteiger partial charge is 0.0494 e. The predicted octanol–water partition coefficient (Wildman–Crippen LogP) is 4.95. The molecule has 0 saturated heterocycles. The fourth-order valence-corrected chi connectivity index (χ4v) is 4.45. The Bertz CT molecular complexity index is 460. The summed E-state index contributed by atoms with van der Waals surface area (Å²) in [7, 11) is 2.17. The lowest BCUT2D eigenvalue weighted by atomic mass is 9.88. The van der Waals surface area contributed by atoms with Gasteiger partial charge < -0.3 is 4.90 Å². The Kier molecular flexibility index (Phi) is 3.96. The van der Waals surface area contributed by atoms with Gasteiger partial charge in [-0.1, -0.05) is 24.1 Å². The predicted molar refractivity (Wildman–Crippen MR) is 83.2 cm³/mol. The van der Waals surface area contributed by atoms with E-state index in [1.807, 2.05) is 18.2 Å². The highest BCUT2D eigenvalue weighted by molar-refractivity contribution is 6.31. The van der Waals surface area contributed by atoms with Crippen molar-refractivity contribution in [3.05, 3.63) is 28.8 Å². The van der Waals surface area contributed by atoms with Crippen molar-refractivity contribution in [2.75, 3.05) is 18.5 Å². The molecule has 3 atom stereocenters. The Labute approximate surface area is 125 Å². The minimum atomic E-state index is 0.549. The highest BCUT2D eigenvalue weighted by atomic mass is 35.5. The Hall–Kier alpha value is -0.400. The van der Waals surface area contributed by atoms with Crippen molar-refractivity contribution in [2.24, 2.45) is 17.8 Å². The average Bonchev–Trinajstić information content (AvgIpc) is 3.01. The van der Waals surface area contributed by atoms with E-state index in [-0.39, 0.29) is 0 Å². The van der Waals surface area contributed by atoms with Gasteiger partial charge in [0, 0.05) is 30.2 Å². The van der Waals surface area contributed by atoms with Crippen LogP contribution in [0.1, 0.15) is 31.2 Å². The van der Waals surface area contributed by atoms with Crippen molar-refractivity contribution in [2.45, 2.75) is 31.6 Å². The zero-order valence-electron chi connectivity index (χ0n) is 11.4. The van der Waals surface area contributed by atoms with Crippen molar-refractivity contribution in [1.29, 1.82) is 0 Å². The van der Waals surface area contributed by atoms with Crippen LogP contribution < -0.4 is 4.90 Å². The molecule has 0 spiro atoms. The van der Waals surface area contributed by atoms with Gasteiger partial charge in [-0.15, -0.1) is 11.6 Å². The molecule has 0 heterocycles. The Balaban J connectivity index is 1.73. The lowest BCUT2D eigenvalue weighted by molar-refractivity contribution is 0.337. The van der Waals surface area contributed by atoms with Gasteiger partial charge in [0.15, 0.2) is 0 Å². The van der Waals surface area contributed by atoms with Gasteiger partial charge in [-0.25, -0.2) is 0 Å². The molecule has 2 saturated carbocycles. The van der Waals surface area contributed by atoms with Crippen molar-refractivity contribution >= 4 is 28.9 Å². The monoisotopic (exact) mass is 297 g/mol. The molecule has 1 nitrogen and oxygen atoms in total. The molecule has 1 aromatic rings. The number of fused-ring (bicyclic) bond motifs is 2. The second kappa shape index (κ2) is 5.54. The normalized spacial score (nSPS) is 28.9. The molecule has 19 heavy (non-hydrogen) atoms. The highest BCUT2D eigenvalue weighted by Gasteiger charge is 2.39. The van der Waals surface area contributed by atoms with Crippen molar-refractivity contribution in [3.8, 4) is 0 Å². The lowest BCUT2D eigenvalue weighted by Gasteiger charge is -2.29. The molecular formula is C16H21Cl2N. The van der Waals surface area contributed by atoms with E-state index in [4.69, 9.17) is 23.2 Å². The largest absolute Gasteiger partial charge is 0.374 e. The van der Waals surface area contributed by atoms with Gasteiger partial charge in [-0.05, 0) is 54.7 Å². The summed E-state index contributed by atoms with van der Waals surface area (Å²) < 4.78 is 0. The van der Waals surface area contributed by atoms with Crippen molar-refractivity contribution in [3.63, 3.8) is 0 Å². The van der Waals surface area contributed by atoms with E-state index in [0.717, 1.165) is 29.3 Å². The summed E-state index contributed by atoms with van der Waals surface area (Å²) in [5.41, 5.74) is 2.38. The maximum atomic E-state index is 6.13. The number of anilines is 1. The molecule has 0 N–H and O–H groups in total. The summed E-state index contributed by atoms with van der Waals surface area (Å²) >= 11 is 12.2. The summed E-state index contributed by atoms with van der Waals surface area (Å²) in [4.78, 5) is 2.36. The summed E-state index contributed by atoms with van der Waals surface area (Å²) in [6.07, 6.45) is 5.80. The molecule has 3 rings (SSSR count). The highest BCUT2D eigenvalue weighted by Crippen LogP contribution is 2.48. The van der Waals surface area contributed by atoms with Crippen LogP contribution in [-0.4, -0.2) is 13.6 Å². The first-order valence-electron chi connectivity index (χ1n) is 7.23. The number of alkyl halides is 1. The van der Waals surface area contributed by atoms with Gasteiger partial charge in [0.2, 0.25) is 0 Å². The minimum Gasteiger partial charge on any atom is -0.374 e. The van der Waals surface area contributed by atoms with Gasteiger partial charge in [-0.3, -0.25) is 0 Å². The van der Waals surface area contributed by atoms with Gasteiger partial charge >= 0.3 is 0 Å². The molecule has 0 amide bonds. The van der Waals surface area contributed by atoms with Crippen LogP contribution in [0.25, 0.3) is 0 Å². The summed E-state index contributed by atoms with van der Waals surface area (Å²) in [5.74, 6) is 3.39. The maximum Gasteiger partial charge on any atom is 0.0494 e. The second-order valence-corrected chi connectivity index (χ2v) is 6.93. The topological polar surface area (TPSA) is 3.24 Å². The van der Waals surface area contributed by atoms with Crippen molar-refractivity contribution < 1.29 is 0 Å². The van der Waals surface area contributed by atoms with E-state index in [1.54, 1.807) is 0 Å². The summed E-state index contributed by atoms with van der Waals surface area (Å²) in [5, 5.41) is 0.795. The molecule has 2 bridgehead atoms. The van der Waals surface area contributed by atoms with Crippen LogP contribution in [0.5, 0.6) is 0 Å². The Morgan fingerprint density at radius 2 is 2.11 bits per heavy atom. The standard InChI is InChI=1S/C16H21Cl2N/c1-19(10-14-7-11-2-3-12(14)6-11)16-8-15(18)5-4-13(16)9-17/h4-5,8,11-12,14H,2-3,6-7,9-10H2,1H3. The number of benzene rings is 1. The van der Waals surface area contributed by atoms with Crippen LogP contribution in [0.3, 0.4) is 0 Å². The zero-order chi connectivity index (χ0) is 13.4. The van der Waals surface area contributed by atoms with Gasteiger partial charge in [0.1, 0.15) is 0 Å². The van der Waals surface area contributed by atoms with Crippen LogP contribution >= 0.6 is 23.2 Å². The van der Waals surface area contributed by atoms with E-state index >= 15 is 0 Å². The number of hydrogen-bond donors (Lipinski definition) is 0. The van der Waals surface area contributed by atoms with Crippen LogP contribution in [0.4, 0.5) is 5.69 Å². The molecule has 2 aliphatic rings. The molecule has 0 aromatic heterocycles. The minimum absolute atomic E-state index is 0.549.